The molecular formula is C43H24N2O2. The molecule has 0 atom stereocenters. The molecule has 0 aliphatic rings. The molecule has 0 amide bonds. The van der Waals surface area contributed by atoms with E-state index in [-0.39, 0.29) is 0 Å². The van der Waals surface area contributed by atoms with Crippen molar-refractivity contribution < 1.29 is 8.83 Å². The number of hydrogen-bond acceptors (Lipinski definition) is 3. The van der Waals surface area contributed by atoms with Gasteiger partial charge in [0.25, 0.3) is 0 Å². The minimum atomic E-state index is 0.610. The van der Waals surface area contributed by atoms with Crippen LogP contribution in [0.25, 0.3) is 93.6 Å². The zero-order chi connectivity index (χ0) is 31.1. The normalized spacial score (nSPS) is 11.8. The number of fused-ring (bicyclic) bond motifs is 10. The Morgan fingerprint density at radius 1 is 0.447 bits per heavy atom. The van der Waals surface area contributed by atoms with E-state index in [1.807, 2.05) is 36.4 Å². The molecule has 10 rings (SSSR count). The van der Waals surface area contributed by atoms with Crippen molar-refractivity contribution in [1.82, 2.24) is 4.57 Å². The van der Waals surface area contributed by atoms with E-state index >= 15 is 0 Å². The molecule has 0 radical (unpaired) electrons. The molecule has 0 bridgehead atoms. The lowest BCUT2D eigenvalue weighted by molar-refractivity contribution is 0.663. The summed E-state index contributed by atoms with van der Waals surface area (Å²) in [5.41, 5.74) is 11.4. The van der Waals surface area contributed by atoms with E-state index in [9.17, 15) is 5.26 Å². The van der Waals surface area contributed by atoms with Crippen LogP contribution in [0.5, 0.6) is 0 Å². The first kappa shape index (κ1) is 25.7. The third-order valence-electron chi connectivity index (χ3n) is 9.43. The molecule has 218 valence electrons. The highest BCUT2D eigenvalue weighted by atomic mass is 16.3. The van der Waals surface area contributed by atoms with E-state index in [1.165, 1.54) is 10.8 Å². The molecule has 0 saturated heterocycles. The summed E-state index contributed by atoms with van der Waals surface area (Å²) in [4.78, 5) is 0. The Morgan fingerprint density at radius 3 is 1.64 bits per heavy atom. The zero-order valence-corrected chi connectivity index (χ0v) is 25.1. The summed E-state index contributed by atoms with van der Waals surface area (Å²) in [5.74, 6) is 0. The minimum absolute atomic E-state index is 0.610. The van der Waals surface area contributed by atoms with Crippen LogP contribution in [-0.4, -0.2) is 4.57 Å². The van der Waals surface area contributed by atoms with Crippen molar-refractivity contribution in [3.8, 4) is 34.0 Å². The first-order valence-electron chi connectivity index (χ1n) is 15.7. The number of rotatable bonds is 3. The van der Waals surface area contributed by atoms with Crippen molar-refractivity contribution in [3.05, 3.63) is 151 Å². The predicted molar refractivity (Wildman–Crippen MR) is 191 cm³/mol. The van der Waals surface area contributed by atoms with Crippen LogP contribution in [0.2, 0.25) is 0 Å². The van der Waals surface area contributed by atoms with Crippen LogP contribution < -0.4 is 0 Å². The van der Waals surface area contributed by atoms with Crippen molar-refractivity contribution in [2.75, 3.05) is 0 Å². The molecule has 3 heterocycles. The molecule has 0 aliphatic heterocycles. The van der Waals surface area contributed by atoms with Crippen LogP contribution in [0.3, 0.4) is 0 Å². The average Bonchev–Trinajstić information content (AvgIpc) is 3.80. The Labute approximate surface area is 268 Å². The summed E-state index contributed by atoms with van der Waals surface area (Å²) in [6.45, 7) is 0. The van der Waals surface area contributed by atoms with E-state index < -0.39 is 0 Å². The molecule has 0 aliphatic carbocycles. The van der Waals surface area contributed by atoms with Crippen molar-refractivity contribution in [2.45, 2.75) is 0 Å². The lowest BCUT2D eigenvalue weighted by Crippen LogP contribution is -1.98. The second-order valence-electron chi connectivity index (χ2n) is 12.0. The highest BCUT2D eigenvalue weighted by molar-refractivity contribution is 6.26. The Morgan fingerprint density at radius 2 is 1.00 bits per heavy atom. The van der Waals surface area contributed by atoms with Gasteiger partial charge in [-0.15, -0.1) is 0 Å². The summed E-state index contributed by atoms with van der Waals surface area (Å²) in [6.07, 6.45) is 0. The molecule has 7 aromatic carbocycles. The number of furan rings is 2. The highest BCUT2D eigenvalue weighted by Crippen LogP contribution is 2.43. The standard InChI is InChI=1S/C43H24N2O2/c44-25-26-14-17-37(45-35-12-6-4-10-30(35)31-11-5-7-13-36(31)45)32(22-26)29-16-19-39-34(24-29)43-41(47-39)21-20-40-42(43)33-23-28(15-18-38(33)46-40)27-8-2-1-3-9-27/h1-24H. The molecule has 0 spiro atoms. The van der Waals surface area contributed by atoms with E-state index in [4.69, 9.17) is 8.83 Å². The van der Waals surface area contributed by atoms with Crippen molar-refractivity contribution in [2.24, 2.45) is 0 Å². The molecule has 3 aromatic heterocycles. The molecule has 0 unspecified atom stereocenters. The Balaban J connectivity index is 1.26. The van der Waals surface area contributed by atoms with Gasteiger partial charge in [0.05, 0.1) is 28.4 Å². The number of hydrogen-bond donors (Lipinski definition) is 0. The average molecular weight is 601 g/mol. The zero-order valence-electron chi connectivity index (χ0n) is 25.1. The number of nitrogens with zero attached hydrogens (tertiary/aromatic N) is 2. The third-order valence-corrected chi connectivity index (χ3v) is 9.43. The van der Waals surface area contributed by atoms with Gasteiger partial charge < -0.3 is 13.4 Å². The molecule has 0 saturated carbocycles. The fourth-order valence-corrected chi connectivity index (χ4v) is 7.33. The second-order valence-corrected chi connectivity index (χ2v) is 12.0. The molecule has 0 fully saturated rings. The van der Waals surface area contributed by atoms with Gasteiger partial charge in [-0.05, 0) is 83.4 Å². The van der Waals surface area contributed by atoms with Gasteiger partial charge in [-0.2, -0.15) is 5.26 Å². The molecule has 47 heavy (non-hydrogen) atoms. The quantitative estimate of drug-likeness (QED) is 0.203. The monoisotopic (exact) mass is 600 g/mol. The SMILES string of the molecule is N#Cc1ccc(-n2c3ccccc3c3ccccc32)c(-c2ccc3oc4ccc5oc6ccc(-c7ccccc7)cc6c5c4c3c2)c1. The van der Waals surface area contributed by atoms with Crippen LogP contribution in [-0.2, 0) is 0 Å². The predicted octanol–water partition coefficient (Wildman–Crippen LogP) is 11.8. The first-order chi connectivity index (χ1) is 23.2. The summed E-state index contributed by atoms with van der Waals surface area (Å²) >= 11 is 0. The molecule has 4 nitrogen and oxygen atoms in total. The fraction of sp³-hybridized carbons (Fsp3) is 0. The van der Waals surface area contributed by atoms with Crippen molar-refractivity contribution in [1.29, 1.82) is 5.26 Å². The number of para-hydroxylation sites is 2. The summed E-state index contributed by atoms with van der Waals surface area (Å²) in [5, 5.41) is 16.5. The van der Waals surface area contributed by atoms with Crippen LogP contribution in [0, 0.1) is 11.3 Å². The van der Waals surface area contributed by atoms with Gasteiger partial charge in [-0.25, -0.2) is 0 Å². The molecule has 4 heteroatoms. The van der Waals surface area contributed by atoms with Gasteiger partial charge in [-0.3, -0.25) is 0 Å². The molecular weight excluding hydrogens is 576 g/mol. The van der Waals surface area contributed by atoms with E-state index in [1.54, 1.807) is 0 Å². The van der Waals surface area contributed by atoms with E-state index in [0.29, 0.717) is 5.56 Å². The first-order valence-corrected chi connectivity index (χ1v) is 15.7. The molecule has 10 aromatic rings. The number of nitriles is 1. The summed E-state index contributed by atoms with van der Waals surface area (Å²) in [6, 6.07) is 52.5. The minimum Gasteiger partial charge on any atom is -0.456 e. The van der Waals surface area contributed by atoms with Gasteiger partial charge in [0.15, 0.2) is 0 Å². The second kappa shape index (κ2) is 9.71. The number of aromatic nitrogens is 1. The summed E-state index contributed by atoms with van der Waals surface area (Å²) in [7, 11) is 0. The Hall–Kier alpha value is -6.57. The van der Waals surface area contributed by atoms with Crippen molar-refractivity contribution in [3.63, 3.8) is 0 Å². The Kier molecular flexibility index (Phi) is 5.32. The van der Waals surface area contributed by atoms with Crippen molar-refractivity contribution >= 4 is 65.7 Å². The fourth-order valence-electron chi connectivity index (χ4n) is 7.33. The maximum Gasteiger partial charge on any atom is 0.136 e. The number of benzene rings is 7. The lowest BCUT2D eigenvalue weighted by Gasteiger charge is -2.15. The maximum atomic E-state index is 9.97. The molecule has 0 N–H and O–H groups in total. The van der Waals surface area contributed by atoms with Crippen LogP contribution in [0.1, 0.15) is 5.56 Å². The van der Waals surface area contributed by atoms with Gasteiger partial charge in [0.1, 0.15) is 22.3 Å². The maximum absolute atomic E-state index is 9.97. The van der Waals surface area contributed by atoms with E-state index in [2.05, 4.69) is 120 Å². The van der Waals surface area contributed by atoms with Gasteiger partial charge in [0.2, 0.25) is 0 Å². The largest absolute Gasteiger partial charge is 0.456 e. The Bertz CT molecular complexity index is 2860. The van der Waals surface area contributed by atoms with Crippen LogP contribution >= 0.6 is 0 Å². The van der Waals surface area contributed by atoms with Gasteiger partial charge in [0, 0.05) is 37.9 Å². The van der Waals surface area contributed by atoms with Gasteiger partial charge >= 0.3 is 0 Å². The van der Waals surface area contributed by atoms with Gasteiger partial charge in [-0.1, -0.05) is 78.9 Å². The lowest BCUT2D eigenvalue weighted by atomic mass is 9.97. The van der Waals surface area contributed by atoms with Crippen LogP contribution in [0.15, 0.2) is 154 Å². The topological polar surface area (TPSA) is 55.0 Å². The van der Waals surface area contributed by atoms with Crippen LogP contribution in [0.4, 0.5) is 0 Å². The third kappa shape index (κ3) is 3.75. The highest BCUT2D eigenvalue weighted by Gasteiger charge is 2.20. The van der Waals surface area contributed by atoms with E-state index in [0.717, 1.165) is 82.9 Å². The smallest absolute Gasteiger partial charge is 0.136 e. The summed E-state index contributed by atoms with van der Waals surface area (Å²) < 4.78 is 15.1.